The van der Waals surface area contributed by atoms with Crippen LogP contribution in [0.4, 0.5) is 4.79 Å². The van der Waals surface area contributed by atoms with Gasteiger partial charge in [-0.05, 0) is 54.6 Å². The van der Waals surface area contributed by atoms with Gasteiger partial charge in [-0.15, -0.1) is 0 Å². The normalized spacial score (nSPS) is 17.1. The molecule has 2 fully saturated rings. The van der Waals surface area contributed by atoms with Crippen molar-refractivity contribution in [2.45, 2.75) is 6.92 Å². The lowest BCUT2D eigenvalue weighted by Gasteiger charge is -2.28. The number of methoxy groups -OCH3 is 1. The average Bonchev–Trinajstić information content (AvgIpc) is 3.12. The van der Waals surface area contributed by atoms with Crippen LogP contribution < -0.4 is 9.47 Å². The fraction of sp³-hybridized carbons (Fsp3) is 0.280. The van der Waals surface area contributed by atoms with Gasteiger partial charge in [-0.25, -0.2) is 4.79 Å². The van der Waals surface area contributed by atoms with E-state index in [2.05, 4.69) is 0 Å². The van der Waals surface area contributed by atoms with Gasteiger partial charge in [0.25, 0.3) is 11.1 Å². The second-order valence-electron chi connectivity index (χ2n) is 7.93. The quantitative estimate of drug-likeness (QED) is 0.342. The number of aryl methyl sites for hydroxylation is 1. The summed E-state index contributed by atoms with van der Waals surface area (Å²) in [5.41, 5.74) is 1.93. The van der Waals surface area contributed by atoms with Gasteiger partial charge < -0.3 is 19.1 Å². The molecule has 0 aliphatic carbocycles. The van der Waals surface area contributed by atoms with Crippen LogP contribution in [-0.2, 0) is 14.3 Å². The van der Waals surface area contributed by atoms with Crippen LogP contribution >= 0.6 is 11.8 Å². The van der Waals surface area contributed by atoms with Crippen molar-refractivity contribution < 1.29 is 33.4 Å². The van der Waals surface area contributed by atoms with Gasteiger partial charge in [0, 0.05) is 13.1 Å². The van der Waals surface area contributed by atoms with Crippen molar-refractivity contribution >= 4 is 40.9 Å². The number of benzene rings is 2. The Labute approximate surface area is 206 Å². The van der Waals surface area contributed by atoms with Crippen molar-refractivity contribution in [3.8, 4) is 11.5 Å². The predicted octanol–water partition coefficient (Wildman–Crippen LogP) is 3.12. The first-order chi connectivity index (χ1) is 16.9. The van der Waals surface area contributed by atoms with Gasteiger partial charge in [0.2, 0.25) is 5.91 Å². The monoisotopic (exact) mass is 496 g/mol. The molecule has 2 heterocycles. The number of rotatable bonds is 6. The molecule has 2 aliphatic heterocycles. The minimum absolute atomic E-state index is 0.172. The Morgan fingerprint density at radius 3 is 2.46 bits per heavy atom. The van der Waals surface area contributed by atoms with Crippen LogP contribution in [0.5, 0.6) is 11.5 Å². The number of esters is 1. The predicted molar refractivity (Wildman–Crippen MR) is 129 cm³/mol. The van der Waals surface area contributed by atoms with Crippen LogP contribution in [0.15, 0.2) is 47.4 Å². The second kappa shape index (κ2) is 10.7. The average molecular weight is 497 g/mol. The standard InChI is InChI=1S/C25H24N2O7S/c1-16-3-6-18(7-4-16)24(30)34-20-13-17(5-8-19(20)32-2)14-21-23(29)27(25(31)35-21)15-22(28)26-9-11-33-12-10-26/h3-8,13-14H,9-12,15H2,1-2H3/b21-14-. The summed E-state index contributed by atoms with van der Waals surface area (Å²) in [6.45, 7) is 3.33. The van der Waals surface area contributed by atoms with Crippen molar-refractivity contribution in [1.82, 2.24) is 9.80 Å². The van der Waals surface area contributed by atoms with E-state index in [9.17, 15) is 19.2 Å². The van der Waals surface area contributed by atoms with E-state index in [-0.39, 0.29) is 23.1 Å². The van der Waals surface area contributed by atoms with E-state index in [1.54, 1.807) is 35.2 Å². The summed E-state index contributed by atoms with van der Waals surface area (Å²) in [4.78, 5) is 53.0. The number of nitrogens with zero attached hydrogens (tertiary/aromatic N) is 2. The number of carbonyl (C=O) groups is 4. The fourth-order valence-electron chi connectivity index (χ4n) is 3.55. The van der Waals surface area contributed by atoms with Crippen LogP contribution in [0.25, 0.3) is 6.08 Å². The Morgan fingerprint density at radius 2 is 1.77 bits per heavy atom. The molecule has 35 heavy (non-hydrogen) atoms. The molecule has 0 atom stereocenters. The third kappa shape index (κ3) is 5.72. The highest BCUT2D eigenvalue weighted by molar-refractivity contribution is 8.18. The molecular weight excluding hydrogens is 472 g/mol. The maximum atomic E-state index is 12.8. The van der Waals surface area contributed by atoms with Crippen LogP contribution in [0, 0.1) is 6.92 Å². The van der Waals surface area contributed by atoms with Crippen LogP contribution in [-0.4, -0.2) is 72.8 Å². The number of thioether (sulfide) groups is 1. The molecule has 2 saturated heterocycles. The van der Waals surface area contributed by atoms with E-state index >= 15 is 0 Å². The van der Waals surface area contributed by atoms with Gasteiger partial charge in [-0.3, -0.25) is 19.3 Å². The zero-order valence-electron chi connectivity index (χ0n) is 19.3. The lowest BCUT2D eigenvalue weighted by atomic mass is 10.1. The first-order valence-corrected chi connectivity index (χ1v) is 11.7. The summed E-state index contributed by atoms with van der Waals surface area (Å²) in [6, 6.07) is 11.8. The van der Waals surface area contributed by atoms with Gasteiger partial charge in [0.15, 0.2) is 11.5 Å². The minimum Gasteiger partial charge on any atom is -0.493 e. The molecule has 182 valence electrons. The fourth-order valence-corrected chi connectivity index (χ4v) is 4.39. The third-order valence-corrected chi connectivity index (χ3v) is 6.41. The van der Waals surface area contributed by atoms with E-state index in [4.69, 9.17) is 14.2 Å². The molecule has 2 aromatic carbocycles. The van der Waals surface area contributed by atoms with Crippen molar-refractivity contribution in [1.29, 1.82) is 0 Å². The molecule has 2 aliphatic rings. The number of imide groups is 1. The topological polar surface area (TPSA) is 102 Å². The molecule has 0 spiro atoms. The maximum Gasteiger partial charge on any atom is 0.343 e. The van der Waals surface area contributed by atoms with Crippen LogP contribution in [0.2, 0.25) is 0 Å². The lowest BCUT2D eigenvalue weighted by Crippen LogP contribution is -2.46. The van der Waals surface area contributed by atoms with E-state index in [0.717, 1.165) is 22.2 Å². The molecule has 10 heteroatoms. The Balaban J connectivity index is 1.50. The van der Waals surface area contributed by atoms with E-state index < -0.39 is 17.1 Å². The Hall–Kier alpha value is -3.63. The molecule has 9 nitrogen and oxygen atoms in total. The molecule has 0 bridgehead atoms. The number of amides is 3. The minimum atomic E-state index is -0.553. The van der Waals surface area contributed by atoms with Crippen LogP contribution in [0.1, 0.15) is 21.5 Å². The van der Waals surface area contributed by atoms with Gasteiger partial charge in [0.1, 0.15) is 6.54 Å². The maximum absolute atomic E-state index is 12.8. The molecule has 0 saturated carbocycles. The van der Waals surface area contributed by atoms with Gasteiger partial charge in [-0.1, -0.05) is 23.8 Å². The summed E-state index contributed by atoms with van der Waals surface area (Å²) in [7, 11) is 1.45. The molecule has 0 aromatic heterocycles. The van der Waals surface area contributed by atoms with Crippen molar-refractivity contribution in [3.63, 3.8) is 0 Å². The summed E-state index contributed by atoms with van der Waals surface area (Å²) < 4.78 is 16.1. The highest BCUT2D eigenvalue weighted by atomic mass is 32.2. The van der Waals surface area contributed by atoms with Crippen molar-refractivity contribution in [3.05, 3.63) is 64.1 Å². The highest BCUT2D eigenvalue weighted by Crippen LogP contribution is 2.35. The number of hydrogen-bond acceptors (Lipinski definition) is 8. The largest absolute Gasteiger partial charge is 0.493 e. The number of morpholine rings is 1. The van der Waals surface area contributed by atoms with Gasteiger partial charge in [0.05, 0.1) is 30.8 Å². The molecule has 3 amide bonds. The number of carbonyl (C=O) groups excluding carboxylic acids is 4. The Morgan fingerprint density at radius 1 is 1.06 bits per heavy atom. The van der Waals surface area contributed by atoms with Crippen molar-refractivity contribution in [2.75, 3.05) is 40.0 Å². The smallest absolute Gasteiger partial charge is 0.343 e. The number of hydrogen-bond donors (Lipinski definition) is 0. The summed E-state index contributed by atoms with van der Waals surface area (Å²) in [5.74, 6) is -0.884. The molecule has 4 rings (SSSR count). The summed E-state index contributed by atoms with van der Waals surface area (Å²) in [5, 5.41) is -0.512. The molecule has 0 radical (unpaired) electrons. The van der Waals surface area contributed by atoms with Crippen molar-refractivity contribution in [2.24, 2.45) is 0 Å². The molecular formula is C25H24N2O7S. The van der Waals surface area contributed by atoms with Crippen LogP contribution in [0.3, 0.4) is 0 Å². The first-order valence-electron chi connectivity index (χ1n) is 10.9. The van der Waals surface area contributed by atoms with E-state index in [1.807, 2.05) is 19.1 Å². The first kappa shape index (κ1) is 24.5. The summed E-state index contributed by atoms with van der Waals surface area (Å²) >= 11 is 0.757. The lowest BCUT2D eigenvalue weighted by molar-refractivity contribution is -0.139. The van der Waals surface area contributed by atoms with Gasteiger partial charge in [-0.2, -0.15) is 0 Å². The molecule has 2 aromatic rings. The molecule has 0 N–H and O–H groups in total. The SMILES string of the molecule is COc1ccc(/C=C2\SC(=O)N(CC(=O)N3CCOCC3)C2=O)cc1OC(=O)c1ccc(C)cc1. The van der Waals surface area contributed by atoms with Gasteiger partial charge >= 0.3 is 5.97 Å². The third-order valence-electron chi connectivity index (χ3n) is 5.51. The highest BCUT2D eigenvalue weighted by Gasteiger charge is 2.37. The summed E-state index contributed by atoms with van der Waals surface area (Å²) in [6.07, 6.45) is 1.52. The zero-order chi connectivity index (χ0) is 24.9. The molecule has 0 unspecified atom stereocenters. The second-order valence-corrected chi connectivity index (χ2v) is 8.92. The van der Waals surface area contributed by atoms with E-state index in [0.29, 0.717) is 43.2 Å². The van der Waals surface area contributed by atoms with E-state index in [1.165, 1.54) is 13.2 Å². The Kier molecular flexibility index (Phi) is 7.52. The Bertz CT molecular complexity index is 1190. The zero-order valence-corrected chi connectivity index (χ0v) is 20.1. The number of ether oxygens (including phenoxy) is 3.